The maximum Gasteiger partial charge on any atom is 0.357 e. The molecule has 254 valence electrons. The zero-order chi connectivity index (χ0) is 34.8. The molecule has 0 aromatic carbocycles. The molecule has 0 spiro atoms. The molecule has 0 saturated carbocycles. The summed E-state index contributed by atoms with van der Waals surface area (Å²) in [6.07, 6.45) is 4.32. The number of tetrazole rings is 1. The van der Waals surface area contributed by atoms with Gasteiger partial charge in [0.25, 0.3) is 5.56 Å². The molecule has 0 amide bonds. The van der Waals surface area contributed by atoms with Gasteiger partial charge in [0.1, 0.15) is 27.9 Å². The van der Waals surface area contributed by atoms with E-state index in [1.54, 1.807) is 6.33 Å². The second kappa shape index (κ2) is 26.4. The summed E-state index contributed by atoms with van der Waals surface area (Å²) in [5.41, 5.74) is 0.398. The number of aromatic nitrogens is 11. The van der Waals surface area contributed by atoms with E-state index in [0.29, 0.717) is 22.4 Å². The van der Waals surface area contributed by atoms with E-state index < -0.39 is 0 Å². The summed E-state index contributed by atoms with van der Waals surface area (Å²) >= 11 is 6.38. The second-order valence-electron chi connectivity index (χ2n) is 11.3. The number of aromatic amines is 5. The lowest BCUT2D eigenvalue weighted by Gasteiger charge is -1.93. The number of nitrogens with one attached hydrogen (secondary N) is 5. The largest absolute Gasteiger partial charge is 0.387 e. The molecule has 5 aromatic heterocycles. The van der Waals surface area contributed by atoms with Crippen LogP contribution >= 0.6 is 23.8 Å². The normalized spacial score (nSPS) is 9.71. The Bertz CT molecular complexity index is 1320. The summed E-state index contributed by atoms with van der Waals surface area (Å²) in [6, 6.07) is 2.61. The van der Waals surface area contributed by atoms with Gasteiger partial charge in [-0.1, -0.05) is 101 Å². The molecule has 5 aromatic rings. The third-order valence-electron chi connectivity index (χ3n) is 3.77. The van der Waals surface area contributed by atoms with Crippen LogP contribution in [0.2, 0.25) is 0 Å². The highest BCUT2D eigenvalue weighted by Crippen LogP contribution is 2.13. The van der Waals surface area contributed by atoms with Crippen molar-refractivity contribution in [3.05, 3.63) is 72.9 Å². The average Bonchev–Trinajstić information content (AvgIpc) is 3.77. The Morgan fingerprint density at radius 2 is 1.47 bits per heavy atom. The fraction of sp³-hybridized carbons (Fsp3) is 0.607. The number of rotatable bonds is 3. The van der Waals surface area contributed by atoms with E-state index in [0.717, 1.165) is 28.4 Å². The summed E-state index contributed by atoms with van der Waals surface area (Å²) in [4.78, 5) is 23.8. The highest BCUT2D eigenvalue weighted by molar-refractivity contribution is 7.71. The van der Waals surface area contributed by atoms with Gasteiger partial charge in [-0.05, 0) is 23.4 Å². The minimum absolute atomic E-state index is 0.199. The molecule has 0 atom stereocenters. The molecule has 0 aliphatic rings. The maximum absolute atomic E-state index is 9.92. The van der Waals surface area contributed by atoms with Crippen LogP contribution in [0.3, 0.4) is 0 Å². The highest BCUT2D eigenvalue weighted by Gasteiger charge is 2.02. The van der Waals surface area contributed by atoms with Gasteiger partial charge in [0.2, 0.25) is 0 Å². The van der Waals surface area contributed by atoms with Crippen molar-refractivity contribution >= 4 is 23.8 Å². The first-order chi connectivity index (χ1) is 21.1. The van der Waals surface area contributed by atoms with Gasteiger partial charge >= 0.3 is 5.63 Å². The molecule has 15 nitrogen and oxygen atoms in total. The summed E-state index contributed by atoms with van der Waals surface area (Å²) in [6.45, 7) is 25.4. The van der Waals surface area contributed by atoms with Crippen molar-refractivity contribution in [1.82, 2.24) is 55.7 Å². The van der Waals surface area contributed by atoms with Crippen molar-refractivity contribution in [3.8, 4) is 0 Å². The van der Waals surface area contributed by atoms with E-state index in [4.69, 9.17) is 12.2 Å². The lowest BCUT2D eigenvalue weighted by atomic mass is 10.2. The molecular weight excluding hydrogens is 619 g/mol. The van der Waals surface area contributed by atoms with Crippen LogP contribution in [-0.4, -0.2) is 55.7 Å². The van der Waals surface area contributed by atoms with Crippen LogP contribution in [0, 0.1) is 16.5 Å². The monoisotopic (exact) mass is 669 g/mol. The minimum atomic E-state index is -0.338. The van der Waals surface area contributed by atoms with E-state index in [2.05, 4.69) is 134 Å². The smallest absolute Gasteiger partial charge is 0.357 e. The standard InChI is InChI=1S/C5H9N3S.C5H8N2S.C4H8N4.2C4H10.2C3H3NO2/c1-3(2)4-5(9)7-8-6-4;1-4(2)5-6-3-7-8-5;1-3(2)4-5-7-8-6-4;2*1-4(2)3;5-3-1-2-6-4-3;5-3-1-2-4-6-3/h3H,1-2H3,(H2,6,7,8,9);3-4H,1-2H3;3H,1-2H3,(H,5,6,7,8);2*4H,1-3H3;1-2H,(H,4,5);1-2,4H. The zero-order valence-electron chi connectivity index (χ0n) is 28.4. The minimum Gasteiger partial charge on any atom is -0.387 e. The van der Waals surface area contributed by atoms with E-state index in [1.807, 2.05) is 13.8 Å². The number of nitrogens with zero attached hydrogens (tertiary/aromatic N) is 6. The molecule has 0 unspecified atom stereocenters. The predicted octanol–water partition coefficient (Wildman–Crippen LogP) is 6.84. The molecule has 5 rings (SSSR count). The topological polar surface area (TPSA) is 217 Å². The quantitative estimate of drug-likeness (QED) is 0.125. The van der Waals surface area contributed by atoms with Crippen molar-refractivity contribution in [3.63, 3.8) is 0 Å². The molecule has 0 aliphatic carbocycles. The Morgan fingerprint density at radius 3 is 1.64 bits per heavy atom. The van der Waals surface area contributed by atoms with Gasteiger partial charge in [-0.25, -0.2) is 20.1 Å². The fourth-order valence-electron chi connectivity index (χ4n) is 1.95. The molecule has 0 aliphatic heterocycles. The van der Waals surface area contributed by atoms with Crippen LogP contribution in [0.1, 0.15) is 117 Å². The lowest BCUT2D eigenvalue weighted by molar-refractivity contribution is 0.391. The van der Waals surface area contributed by atoms with E-state index in [9.17, 15) is 9.59 Å². The van der Waals surface area contributed by atoms with Gasteiger partial charge < -0.3 is 9.05 Å². The van der Waals surface area contributed by atoms with Gasteiger partial charge in [-0.15, -0.1) is 10.2 Å². The molecule has 5 heterocycles. The Morgan fingerprint density at radius 1 is 0.844 bits per heavy atom. The first-order valence-corrected chi connectivity index (χ1v) is 15.6. The second-order valence-corrected chi connectivity index (χ2v) is 12.5. The SMILES string of the molecule is CC(C)C.CC(C)C.CC(C)c1n[nH][nH]c1=S.CC(C)c1ncns1.CC(C)c1nn[nH]n1.O=c1cc[nH]o1.O=c1cco[nH]1. The van der Waals surface area contributed by atoms with E-state index in [1.165, 1.54) is 36.1 Å². The van der Waals surface area contributed by atoms with Crippen LogP contribution in [-0.2, 0) is 0 Å². The third kappa shape index (κ3) is 27.3. The third-order valence-corrected chi connectivity index (χ3v) is 5.04. The summed E-state index contributed by atoms with van der Waals surface area (Å²) < 4.78 is 13.0. The zero-order valence-corrected chi connectivity index (χ0v) is 30.0. The molecule has 5 N–H and O–H groups in total. The van der Waals surface area contributed by atoms with Crippen LogP contribution in [0.15, 0.2) is 49.6 Å². The molecule has 0 saturated heterocycles. The average molecular weight is 670 g/mol. The Balaban J connectivity index is 0. The Labute approximate surface area is 273 Å². The van der Waals surface area contributed by atoms with Crippen LogP contribution in [0.4, 0.5) is 0 Å². The van der Waals surface area contributed by atoms with Gasteiger partial charge in [0.15, 0.2) is 5.82 Å². The Kier molecular flexibility index (Phi) is 25.3. The van der Waals surface area contributed by atoms with Gasteiger partial charge in [-0.3, -0.25) is 9.89 Å². The van der Waals surface area contributed by atoms with Crippen molar-refractivity contribution in [2.75, 3.05) is 0 Å². The van der Waals surface area contributed by atoms with E-state index in [-0.39, 0.29) is 11.2 Å². The van der Waals surface area contributed by atoms with Crippen molar-refractivity contribution in [1.29, 1.82) is 0 Å². The van der Waals surface area contributed by atoms with Crippen molar-refractivity contribution < 1.29 is 9.05 Å². The van der Waals surface area contributed by atoms with Crippen molar-refractivity contribution in [2.45, 2.75) is 101 Å². The molecule has 17 heteroatoms. The summed E-state index contributed by atoms with van der Waals surface area (Å²) in [5, 5.41) is 28.0. The molecule has 0 fully saturated rings. The summed E-state index contributed by atoms with van der Waals surface area (Å²) in [7, 11) is 0. The number of hydrogen-bond donors (Lipinski definition) is 5. The van der Waals surface area contributed by atoms with Crippen LogP contribution in [0.5, 0.6) is 0 Å². The van der Waals surface area contributed by atoms with Crippen LogP contribution in [0.25, 0.3) is 0 Å². The van der Waals surface area contributed by atoms with Crippen molar-refractivity contribution in [2.24, 2.45) is 11.8 Å². The van der Waals surface area contributed by atoms with E-state index >= 15 is 0 Å². The van der Waals surface area contributed by atoms with Gasteiger partial charge in [0.05, 0.1) is 0 Å². The first kappa shape index (κ1) is 43.1. The lowest BCUT2D eigenvalue weighted by Crippen LogP contribution is -1.91. The maximum atomic E-state index is 9.92. The Hall–Kier alpha value is -3.99. The predicted molar refractivity (Wildman–Crippen MR) is 180 cm³/mol. The summed E-state index contributed by atoms with van der Waals surface area (Å²) in [5.74, 6) is 3.74. The molecule has 0 radical (unpaired) electrons. The molecule has 45 heavy (non-hydrogen) atoms. The number of H-pyrrole nitrogens is 5. The molecule has 0 bridgehead atoms. The highest BCUT2D eigenvalue weighted by atomic mass is 32.1. The van der Waals surface area contributed by atoms with Gasteiger partial charge in [0, 0.05) is 36.1 Å². The van der Waals surface area contributed by atoms with Crippen LogP contribution < -0.4 is 11.2 Å². The first-order valence-electron chi connectivity index (χ1n) is 14.5. The number of hydrogen-bond acceptors (Lipinski definition) is 12. The fourth-order valence-corrected chi connectivity index (χ4v) is 2.78. The van der Waals surface area contributed by atoms with Gasteiger partial charge in [-0.2, -0.15) is 19.8 Å². The molecular formula is C28H51N11O4S2.